The average Bonchev–Trinajstić information content (AvgIpc) is 2.70. The maximum Gasteiger partial charge on any atom is 0.230 e. The van der Waals surface area contributed by atoms with Crippen LogP contribution < -0.4 is 10.6 Å². The Hall–Kier alpha value is -2.62. The number of hydrogen-bond donors (Lipinski definition) is 2. The summed E-state index contributed by atoms with van der Waals surface area (Å²) in [7, 11) is 0. The van der Waals surface area contributed by atoms with Crippen LogP contribution in [0.1, 0.15) is 58.6 Å². The van der Waals surface area contributed by atoms with E-state index in [1.54, 1.807) is 0 Å². The number of carbonyl (C=O) groups excluding carboxylic acids is 2. The van der Waals surface area contributed by atoms with Gasteiger partial charge in [-0.05, 0) is 54.7 Å². The van der Waals surface area contributed by atoms with E-state index in [0.29, 0.717) is 0 Å². The largest absolute Gasteiger partial charge is 0.326 e. The molecule has 1 atom stereocenters. The SMILES string of the molecule is CCC(C)C(=O)Nc1ccc(Cc2ccc(NC(=O)C(C)(C)CC)cc2)cc1. The molecule has 0 aliphatic heterocycles. The molecule has 2 aromatic rings. The molecule has 0 saturated carbocycles. The fraction of sp³-hybridized carbons (Fsp3) is 0.417. The predicted molar refractivity (Wildman–Crippen MR) is 116 cm³/mol. The van der Waals surface area contributed by atoms with Crippen LogP contribution in [0, 0.1) is 11.3 Å². The summed E-state index contributed by atoms with van der Waals surface area (Å²) in [6.45, 7) is 9.86. The van der Waals surface area contributed by atoms with Crippen molar-refractivity contribution in [3.05, 3.63) is 59.7 Å². The monoisotopic (exact) mass is 380 g/mol. The van der Waals surface area contributed by atoms with Crippen LogP contribution in [0.5, 0.6) is 0 Å². The Bertz CT molecular complexity index is 792. The molecule has 0 spiro atoms. The normalized spacial score (nSPS) is 12.3. The third-order valence-corrected chi connectivity index (χ3v) is 5.40. The number of amides is 2. The maximum atomic E-state index is 12.3. The summed E-state index contributed by atoms with van der Waals surface area (Å²) in [5, 5.41) is 5.93. The molecule has 0 radical (unpaired) electrons. The minimum absolute atomic E-state index is 0.0154. The predicted octanol–water partition coefficient (Wildman–Crippen LogP) is 5.64. The van der Waals surface area contributed by atoms with Crippen molar-refractivity contribution in [2.45, 2.75) is 53.9 Å². The molecule has 150 valence electrons. The number of nitrogens with one attached hydrogen (secondary N) is 2. The highest BCUT2D eigenvalue weighted by molar-refractivity contribution is 5.94. The van der Waals surface area contributed by atoms with Crippen LogP contribution in [0.25, 0.3) is 0 Å². The topological polar surface area (TPSA) is 58.2 Å². The van der Waals surface area contributed by atoms with Gasteiger partial charge in [-0.25, -0.2) is 0 Å². The molecule has 0 fully saturated rings. The summed E-state index contributed by atoms with van der Waals surface area (Å²) in [6, 6.07) is 15.9. The maximum absolute atomic E-state index is 12.3. The number of carbonyl (C=O) groups is 2. The Morgan fingerprint density at radius 3 is 1.75 bits per heavy atom. The van der Waals surface area contributed by atoms with Gasteiger partial charge in [-0.3, -0.25) is 9.59 Å². The summed E-state index contributed by atoms with van der Waals surface area (Å²) in [4.78, 5) is 24.2. The van der Waals surface area contributed by atoms with Crippen LogP contribution in [0.3, 0.4) is 0 Å². The minimum atomic E-state index is -0.370. The Kier molecular flexibility index (Phi) is 7.38. The Morgan fingerprint density at radius 2 is 1.32 bits per heavy atom. The zero-order valence-corrected chi connectivity index (χ0v) is 17.6. The smallest absolute Gasteiger partial charge is 0.230 e. The zero-order chi connectivity index (χ0) is 20.7. The zero-order valence-electron chi connectivity index (χ0n) is 17.6. The lowest BCUT2D eigenvalue weighted by atomic mass is 9.89. The van der Waals surface area contributed by atoms with Gasteiger partial charge in [0.1, 0.15) is 0 Å². The average molecular weight is 381 g/mol. The van der Waals surface area contributed by atoms with E-state index in [-0.39, 0.29) is 23.1 Å². The summed E-state index contributed by atoms with van der Waals surface area (Å²) in [5.74, 6) is 0.110. The van der Waals surface area contributed by atoms with Crippen molar-refractivity contribution in [2.24, 2.45) is 11.3 Å². The van der Waals surface area contributed by atoms with Gasteiger partial charge in [-0.15, -0.1) is 0 Å². The Morgan fingerprint density at radius 1 is 0.857 bits per heavy atom. The molecule has 2 amide bonds. The summed E-state index contributed by atoms with van der Waals surface area (Å²) in [5.41, 5.74) is 3.61. The first-order valence-electron chi connectivity index (χ1n) is 10.1. The van der Waals surface area contributed by atoms with Gasteiger partial charge in [-0.1, -0.05) is 58.9 Å². The summed E-state index contributed by atoms with van der Waals surface area (Å²) >= 11 is 0. The van der Waals surface area contributed by atoms with E-state index in [2.05, 4.69) is 10.6 Å². The van der Waals surface area contributed by atoms with Crippen LogP contribution in [0.4, 0.5) is 11.4 Å². The highest BCUT2D eigenvalue weighted by atomic mass is 16.2. The third-order valence-electron chi connectivity index (χ3n) is 5.40. The fourth-order valence-corrected chi connectivity index (χ4v) is 2.56. The molecule has 0 aromatic heterocycles. The van der Waals surface area contributed by atoms with Crippen molar-refractivity contribution in [3.63, 3.8) is 0 Å². The molecule has 4 nitrogen and oxygen atoms in total. The van der Waals surface area contributed by atoms with Crippen molar-refractivity contribution in [3.8, 4) is 0 Å². The number of anilines is 2. The van der Waals surface area contributed by atoms with Crippen molar-refractivity contribution < 1.29 is 9.59 Å². The molecular weight excluding hydrogens is 348 g/mol. The molecule has 28 heavy (non-hydrogen) atoms. The lowest BCUT2D eigenvalue weighted by Crippen LogP contribution is -2.29. The highest BCUT2D eigenvalue weighted by Gasteiger charge is 2.25. The Labute approximate surface area is 168 Å². The van der Waals surface area contributed by atoms with Crippen molar-refractivity contribution in [1.82, 2.24) is 0 Å². The molecule has 2 rings (SSSR count). The molecule has 0 saturated heterocycles. The molecule has 2 N–H and O–H groups in total. The minimum Gasteiger partial charge on any atom is -0.326 e. The van der Waals surface area contributed by atoms with Crippen molar-refractivity contribution in [2.75, 3.05) is 10.6 Å². The van der Waals surface area contributed by atoms with Gasteiger partial charge < -0.3 is 10.6 Å². The number of hydrogen-bond acceptors (Lipinski definition) is 2. The van der Waals surface area contributed by atoms with Crippen LogP contribution in [-0.4, -0.2) is 11.8 Å². The fourth-order valence-electron chi connectivity index (χ4n) is 2.56. The molecule has 2 aromatic carbocycles. The second kappa shape index (κ2) is 9.54. The molecule has 0 heterocycles. The first-order chi connectivity index (χ1) is 13.2. The third kappa shape index (κ3) is 5.95. The Balaban J connectivity index is 1.95. The van der Waals surface area contributed by atoms with Crippen molar-refractivity contribution >= 4 is 23.2 Å². The number of benzene rings is 2. The second-order valence-electron chi connectivity index (χ2n) is 8.06. The quantitative estimate of drug-likeness (QED) is 0.623. The lowest BCUT2D eigenvalue weighted by molar-refractivity contribution is -0.124. The molecule has 0 aliphatic rings. The van der Waals surface area contributed by atoms with E-state index in [1.165, 1.54) is 11.1 Å². The summed E-state index contributed by atoms with van der Waals surface area (Å²) < 4.78 is 0. The van der Waals surface area contributed by atoms with Gasteiger partial charge >= 0.3 is 0 Å². The molecule has 0 aliphatic carbocycles. The molecule has 0 bridgehead atoms. The van der Waals surface area contributed by atoms with E-state index in [4.69, 9.17) is 0 Å². The first kappa shape index (κ1) is 21.7. The van der Waals surface area contributed by atoms with Crippen LogP contribution in [-0.2, 0) is 16.0 Å². The summed E-state index contributed by atoms with van der Waals surface area (Å²) in [6.07, 6.45) is 2.43. The van der Waals surface area contributed by atoms with Gasteiger partial charge in [0.2, 0.25) is 11.8 Å². The van der Waals surface area contributed by atoms with E-state index < -0.39 is 0 Å². The van der Waals surface area contributed by atoms with E-state index in [0.717, 1.165) is 30.6 Å². The molecule has 1 unspecified atom stereocenters. The molecule has 4 heteroatoms. The van der Waals surface area contributed by atoms with Gasteiger partial charge in [0.15, 0.2) is 0 Å². The van der Waals surface area contributed by atoms with Crippen LogP contribution >= 0.6 is 0 Å². The highest BCUT2D eigenvalue weighted by Crippen LogP contribution is 2.23. The van der Waals surface area contributed by atoms with E-state index in [1.807, 2.05) is 83.1 Å². The second-order valence-corrected chi connectivity index (χ2v) is 8.06. The van der Waals surface area contributed by atoms with Crippen molar-refractivity contribution in [1.29, 1.82) is 0 Å². The number of rotatable bonds is 8. The van der Waals surface area contributed by atoms with Gasteiger partial charge in [-0.2, -0.15) is 0 Å². The van der Waals surface area contributed by atoms with Gasteiger partial charge in [0, 0.05) is 22.7 Å². The van der Waals surface area contributed by atoms with Gasteiger partial charge in [0.25, 0.3) is 0 Å². The van der Waals surface area contributed by atoms with E-state index in [9.17, 15) is 9.59 Å². The van der Waals surface area contributed by atoms with E-state index >= 15 is 0 Å². The van der Waals surface area contributed by atoms with Crippen LogP contribution in [0.15, 0.2) is 48.5 Å². The van der Waals surface area contributed by atoms with Crippen LogP contribution in [0.2, 0.25) is 0 Å². The van der Waals surface area contributed by atoms with Gasteiger partial charge in [0.05, 0.1) is 0 Å². The molecular formula is C24H32N2O2. The lowest BCUT2D eigenvalue weighted by Gasteiger charge is -2.21. The first-order valence-corrected chi connectivity index (χ1v) is 10.1. The standard InChI is InChI=1S/C24H32N2O2/c1-6-17(3)22(27)25-20-12-8-18(9-13-20)16-19-10-14-21(15-11-19)26-23(28)24(4,5)7-2/h8-15,17H,6-7,16H2,1-5H3,(H,25,27)(H,26,28).